The molecule has 0 aromatic rings. The van der Waals surface area contributed by atoms with Crippen molar-refractivity contribution < 1.29 is 0 Å². The van der Waals surface area contributed by atoms with Gasteiger partial charge in [0.05, 0.1) is 0 Å². The van der Waals surface area contributed by atoms with Gasteiger partial charge in [0.25, 0.3) is 0 Å². The first kappa shape index (κ1) is 17.0. The van der Waals surface area contributed by atoms with Crippen molar-refractivity contribution >= 4 is 0 Å². The summed E-state index contributed by atoms with van der Waals surface area (Å²) in [5.74, 6) is 2.82. The van der Waals surface area contributed by atoms with Gasteiger partial charge in [-0.15, -0.1) is 0 Å². The van der Waals surface area contributed by atoms with Crippen molar-refractivity contribution in [2.75, 3.05) is 0 Å². The van der Waals surface area contributed by atoms with Crippen molar-refractivity contribution in [1.82, 2.24) is 0 Å². The van der Waals surface area contributed by atoms with Gasteiger partial charge in [0, 0.05) is 0 Å². The van der Waals surface area contributed by atoms with Gasteiger partial charge in [0.15, 0.2) is 0 Å². The van der Waals surface area contributed by atoms with Crippen LogP contribution in [0, 0.1) is 17.8 Å². The maximum atomic E-state index is 2.45. The summed E-state index contributed by atoms with van der Waals surface area (Å²) in [6, 6.07) is 0. The van der Waals surface area contributed by atoms with E-state index >= 15 is 0 Å². The zero-order chi connectivity index (χ0) is 13.1. The van der Waals surface area contributed by atoms with Gasteiger partial charge in [-0.05, 0) is 24.2 Å². The summed E-state index contributed by atoms with van der Waals surface area (Å²) in [7, 11) is 0. The summed E-state index contributed by atoms with van der Waals surface area (Å²) < 4.78 is 0. The highest BCUT2D eigenvalue weighted by molar-refractivity contribution is 4.61. The lowest BCUT2D eigenvalue weighted by molar-refractivity contribution is 0.349. The van der Waals surface area contributed by atoms with Gasteiger partial charge in [-0.1, -0.05) is 86.0 Å². The molecule has 3 unspecified atom stereocenters. The molecule has 0 N–H and O–H groups in total. The van der Waals surface area contributed by atoms with Crippen LogP contribution >= 0.6 is 0 Å². The average Bonchev–Trinajstić information content (AvgIpc) is 2.29. The molecule has 0 aliphatic rings. The Morgan fingerprint density at radius 1 is 0.647 bits per heavy atom. The molecule has 0 bridgehead atoms. The van der Waals surface area contributed by atoms with Crippen molar-refractivity contribution in [1.29, 1.82) is 0 Å². The van der Waals surface area contributed by atoms with Crippen molar-refractivity contribution in [2.45, 2.75) is 92.4 Å². The van der Waals surface area contributed by atoms with Crippen LogP contribution in [0.15, 0.2) is 0 Å². The topological polar surface area (TPSA) is 0 Å². The number of unbranched alkanes of at least 4 members (excludes halogenated alkanes) is 2. The van der Waals surface area contributed by atoms with Gasteiger partial charge in [-0.25, -0.2) is 0 Å². The highest BCUT2D eigenvalue weighted by atomic mass is 14.1. The van der Waals surface area contributed by atoms with Gasteiger partial charge in [0.2, 0.25) is 0 Å². The van der Waals surface area contributed by atoms with E-state index in [9.17, 15) is 0 Å². The Balaban J connectivity index is 3.46. The van der Waals surface area contributed by atoms with Gasteiger partial charge in [-0.3, -0.25) is 0 Å². The van der Waals surface area contributed by atoms with Crippen LogP contribution < -0.4 is 0 Å². The Morgan fingerprint density at radius 3 is 1.71 bits per heavy atom. The fourth-order valence-corrected chi connectivity index (χ4v) is 2.68. The largest absolute Gasteiger partial charge is 0.0654 e. The van der Waals surface area contributed by atoms with Crippen LogP contribution in [0.3, 0.4) is 0 Å². The minimum absolute atomic E-state index is 0.934. The van der Waals surface area contributed by atoms with Crippen LogP contribution in [0.5, 0.6) is 0 Å². The van der Waals surface area contributed by atoms with Crippen molar-refractivity contribution in [3.8, 4) is 0 Å². The normalized spacial score (nSPS) is 16.8. The summed E-state index contributed by atoms with van der Waals surface area (Å²) in [6.07, 6.45) is 12.8. The fourth-order valence-electron chi connectivity index (χ4n) is 2.68. The summed E-state index contributed by atoms with van der Waals surface area (Å²) >= 11 is 0. The van der Waals surface area contributed by atoms with E-state index in [1.54, 1.807) is 0 Å². The molecule has 17 heavy (non-hydrogen) atoms. The molecule has 0 radical (unpaired) electrons. The maximum absolute atomic E-state index is 2.45. The van der Waals surface area contributed by atoms with Crippen molar-refractivity contribution in [3.05, 3.63) is 0 Å². The molecule has 0 heterocycles. The van der Waals surface area contributed by atoms with E-state index in [1.165, 1.54) is 57.8 Å². The maximum Gasteiger partial charge on any atom is -0.0440 e. The lowest BCUT2D eigenvalue weighted by Gasteiger charge is -2.18. The predicted molar refractivity (Wildman–Crippen MR) is 80.4 cm³/mol. The first-order valence-electron chi connectivity index (χ1n) is 8.10. The van der Waals surface area contributed by atoms with Gasteiger partial charge in [0.1, 0.15) is 0 Å². The Labute approximate surface area is 111 Å². The Kier molecular flexibility index (Phi) is 11.1. The molecule has 0 rings (SSSR count). The van der Waals surface area contributed by atoms with Crippen LogP contribution in [0.4, 0.5) is 0 Å². The molecule has 0 saturated heterocycles. The monoisotopic (exact) mass is 240 g/mol. The third-order valence-corrected chi connectivity index (χ3v) is 4.20. The summed E-state index contributed by atoms with van der Waals surface area (Å²) in [6.45, 7) is 11.9. The van der Waals surface area contributed by atoms with Crippen molar-refractivity contribution in [2.24, 2.45) is 17.8 Å². The summed E-state index contributed by atoms with van der Waals surface area (Å²) in [5, 5.41) is 0. The van der Waals surface area contributed by atoms with E-state index in [4.69, 9.17) is 0 Å². The standard InChI is InChI=1S/C17H36/c1-6-8-9-11-16(4)14-17(5)13-10-12-15(3)7-2/h15-17H,6-14H2,1-5H3. The van der Waals surface area contributed by atoms with Crippen LogP contribution in [-0.4, -0.2) is 0 Å². The second-order valence-electron chi connectivity index (χ2n) is 6.39. The first-order valence-corrected chi connectivity index (χ1v) is 8.10. The van der Waals surface area contributed by atoms with E-state index < -0.39 is 0 Å². The number of rotatable bonds is 11. The van der Waals surface area contributed by atoms with Gasteiger partial charge in [-0.2, -0.15) is 0 Å². The van der Waals surface area contributed by atoms with Crippen molar-refractivity contribution in [3.63, 3.8) is 0 Å². The lowest BCUT2D eigenvalue weighted by atomic mass is 9.88. The van der Waals surface area contributed by atoms with E-state index in [2.05, 4.69) is 34.6 Å². The lowest BCUT2D eigenvalue weighted by Crippen LogP contribution is -2.04. The average molecular weight is 240 g/mol. The SMILES string of the molecule is CCCCCC(C)CC(C)CCCC(C)CC. The smallest absolute Gasteiger partial charge is 0.0440 e. The molecule has 0 aromatic heterocycles. The predicted octanol–water partition coefficient (Wildman–Crippen LogP) is 6.45. The molecule has 0 heteroatoms. The molecule has 0 aromatic carbocycles. The van der Waals surface area contributed by atoms with E-state index in [0.717, 1.165) is 17.8 Å². The minimum Gasteiger partial charge on any atom is -0.0654 e. The third-order valence-electron chi connectivity index (χ3n) is 4.20. The van der Waals surface area contributed by atoms with E-state index in [0.29, 0.717) is 0 Å². The third kappa shape index (κ3) is 10.9. The zero-order valence-corrected chi connectivity index (χ0v) is 13.1. The van der Waals surface area contributed by atoms with Crippen LogP contribution in [-0.2, 0) is 0 Å². The molecular formula is C17H36. The first-order chi connectivity index (χ1) is 8.10. The summed E-state index contributed by atoms with van der Waals surface area (Å²) in [5.41, 5.74) is 0. The number of hydrogen-bond acceptors (Lipinski definition) is 0. The van der Waals surface area contributed by atoms with E-state index in [1.807, 2.05) is 0 Å². The Bertz CT molecular complexity index is 150. The molecule has 0 nitrogen and oxygen atoms in total. The molecule has 0 saturated carbocycles. The quantitative estimate of drug-likeness (QED) is 0.364. The van der Waals surface area contributed by atoms with Gasteiger partial charge >= 0.3 is 0 Å². The zero-order valence-electron chi connectivity index (χ0n) is 13.1. The highest BCUT2D eigenvalue weighted by Gasteiger charge is 2.09. The minimum atomic E-state index is 0.934. The molecule has 0 fully saturated rings. The van der Waals surface area contributed by atoms with E-state index in [-0.39, 0.29) is 0 Å². The molecule has 0 amide bonds. The Hall–Kier alpha value is 0. The molecule has 0 aliphatic heterocycles. The Morgan fingerprint density at radius 2 is 1.18 bits per heavy atom. The van der Waals surface area contributed by atoms with Crippen LogP contribution in [0.2, 0.25) is 0 Å². The van der Waals surface area contributed by atoms with Gasteiger partial charge < -0.3 is 0 Å². The van der Waals surface area contributed by atoms with Crippen LogP contribution in [0.25, 0.3) is 0 Å². The number of hydrogen-bond donors (Lipinski definition) is 0. The molecule has 3 atom stereocenters. The van der Waals surface area contributed by atoms with Crippen LogP contribution in [0.1, 0.15) is 92.4 Å². The second-order valence-corrected chi connectivity index (χ2v) is 6.39. The second kappa shape index (κ2) is 11.1. The molecule has 0 spiro atoms. The molecule has 0 aliphatic carbocycles. The fraction of sp³-hybridized carbons (Fsp3) is 1.00. The summed E-state index contributed by atoms with van der Waals surface area (Å²) in [4.78, 5) is 0. The highest BCUT2D eigenvalue weighted by Crippen LogP contribution is 2.23. The molecule has 104 valence electrons. The molecular weight excluding hydrogens is 204 g/mol.